The van der Waals surface area contributed by atoms with Crippen LogP contribution in [0.25, 0.3) is 0 Å². The minimum atomic E-state index is -3.12. The third kappa shape index (κ3) is 4.80. The van der Waals surface area contributed by atoms with Crippen molar-refractivity contribution < 1.29 is 23.2 Å². The molecule has 1 saturated heterocycles. The summed E-state index contributed by atoms with van der Waals surface area (Å²) < 4.78 is 27.3. The van der Waals surface area contributed by atoms with Crippen LogP contribution >= 0.6 is 0 Å². The molecule has 0 aromatic rings. The fourth-order valence-electron chi connectivity index (χ4n) is 4.43. The number of oxime groups is 1. The van der Waals surface area contributed by atoms with E-state index in [2.05, 4.69) is 21.4 Å². The Balaban J connectivity index is 1.35. The number of carbonyl (C=O) groups excluding carboxylic acids is 2. The molecule has 0 radical (unpaired) electrons. The molecule has 0 aromatic carbocycles. The minimum absolute atomic E-state index is 0.117. The second-order valence-corrected chi connectivity index (χ2v) is 9.59. The van der Waals surface area contributed by atoms with E-state index in [0.717, 1.165) is 32.9 Å². The zero-order chi connectivity index (χ0) is 21.6. The van der Waals surface area contributed by atoms with Gasteiger partial charge in [0.2, 0.25) is 5.92 Å². The van der Waals surface area contributed by atoms with Gasteiger partial charge in [0, 0.05) is 51.2 Å². The number of piperidine rings is 1. The summed E-state index contributed by atoms with van der Waals surface area (Å²) in [6.45, 7) is 2.51. The quantitative estimate of drug-likeness (QED) is 0.649. The number of nitrogens with zero attached hydrogens (tertiary/aromatic N) is 3. The molecule has 3 fully saturated rings. The molecule has 164 valence electrons. The van der Waals surface area contributed by atoms with Gasteiger partial charge >= 0.3 is 0 Å². The topological polar surface area (TPSA) is 94.8 Å². The molecule has 2 saturated carbocycles. The normalized spacial score (nSPS) is 25.7. The predicted molar refractivity (Wildman–Crippen MR) is 104 cm³/mol. The SMILES string of the molecule is CC(F)(F)C[C@H](NC(=O)C1=NOC2(CCN(C3CC3)CC2)C1)C(=O)CC1(C#N)CC1. The summed E-state index contributed by atoms with van der Waals surface area (Å²) >= 11 is 0. The molecule has 2 aliphatic carbocycles. The Morgan fingerprint density at radius 3 is 2.53 bits per heavy atom. The van der Waals surface area contributed by atoms with Crippen LogP contribution in [0, 0.1) is 16.7 Å². The van der Waals surface area contributed by atoms with Crippen molar-refractivity contribution in [2.75, 3.05) is 13.1 Å². The Morgan fingerprint density at radius 1 is 1.33 bits per heavy atom. The Kier molecular flexibility index (Phi) is 5.33. The molecular formula is C21H28F2N4O3. The van der Waals surface area contributed by atoms with Gasteiger partial charge in [-0.2, -0.15) is 5.26 Å². The minimum Gasteiger partial charge on any atom is -0.388 e. The van der Waals surface area contributed by atoms with Crippen LogP contribution in [0.3, 0.4) is 0 Å². The lowest BCUT2D eigenvalue weighted by Gasteiger charge is -2.37. The van der Waals surface area contributed by atoms with E-state index in [1.807, 2.05) is 0 Å². The summed E-state index contributed by atoms with van der Waals surface area (Å²) in [7, 11) is 0. The second-order valence-electron chi connectivity index (χ2n) is 9.59. The highest BCUT2D eigenvalue weighted by Gasteiger charge is 2.48. The standard InChI is InChI=1S/C21H28F2N4O3/c1-19(22,23)10-15(17(28)12-20(13-24)4-5-20)25-18(29)16-11-21(30-26-16)6-8-27(9-7-21)14-2-3-14/h14-15H,2-12H2,1H3,(H,25,29)/t15-/m0/s1. The van der Waals surface area contributed by atoms with E-state index >= 15 is 0 Å². The van der Waals surface area contributed by atoms with Crippen LogP contribution in [0.15, 0.2) is 5.16 Å². The van der Waals surface area contributed by atoms with E-state index in [9.17, 15) is 23.6 Å². The smallest absolute Gasteiger partial charge is 0.269 e. The van der Waals surface area contributed by atoms with Crippen molar-refractivity contribution >= 4 is 17.4 Å². The van der Waals surface area contributed by atoms with Gasteiger partial charge in [-0.25, -0.2) is 8.78 Å². The van der Waals surface area contributed by atoms with E-state index in [4.69, 9.17) is 4.84 Å². The number of amides is 1. The summed E-state index contributed by atoms with van der Waals surface area (Å²) in [5.74, 6) is -4.29. The third-order valence-corrected chi connectivity index (χ3v) is 6.73. The average molecular weight is 422 g/mol. The highest BCUT2D eigenvalue weighted by Crippen LogP contribution is 2.48. The fourth-order valence-corrected chi connectivity index (χ4v) is 4.43. The average Bonchev–Trinajstić information content (AvgIpc) is 3.60. The Morgan fingerprint density at radius 2 is 2.00 bits per heavy atom. The van der Waals surface area contributed by atoms with Gasteiger partial charge in [-0.3, -0.25) is 9.59 Å². The van der Waals surface area contributed by atoms with Gasteiger partial charge in [0.1, 0.15) is 11.3 Å². The molecule has 4 aliphatic rings. The maximum atomic E-state index is 13.7. The van der Waals surface area contributed by atoms with E-state index in [1.54, 1.807) is 0 Å². The van der Waals surface area contributed by atoms with Crippen molar-refractivity contribution in [3.63, 3.8) is 0 Å². The van der Waals surface area contributed by atoms with E-state index < -0.39 is 41.1 Å². The van der Waals surface area contributed by atoms with Crippen LogP contribution in [0.5, 0.6) is 0 Å². The lowest BCUT2D eigenvalue weighted by molar-refractivity contribution is -0.128. The number of ketones is 1. The molecule has 1 spiro atoms. The molecule has 0 unspecified atom stereocenters. The van der Waals surface area contributed by atoms with Gasteiger partial charge in [-0.05, 0) is 32.6 Å². The third-order valence-electron chi connectivity index (χ3n) is 6.73. The lowest BCUT2D eigenvalue weighted by Crippen LogP contribution is -2.48. The lowest BCUT2D eigenvalue weighted by atomic mass is 9.86. The number of halogens is 2. The number of rotatable bonds is 8. The van der Waals surface area contributed by atoms with Gasteiger partial charge in [0.05, 0.1) is 17.5 Å². The maximum Gasteiger partial charge on any atom is 0.269 e. The first-order valence-electron chi connectivity index (χ1n) is 10.7. The molecule has 2 aliphatic heterocycles. The number of hydrogen-bond acceptors (Lipinski definition) is 6. The summed E-state index contributed by atoms with van der Waals surface area (Å²) in [5.41, 5.74) is -1.12. The van der Waals surface area contributed by atoms with Crippen molar-refractivity contribution in [3.05, 3.63) is 0 Å². The Hall–Kier alpha value is -2.08. The van der Waals surface area contributed by atoms with Crippen LogP contribution in [0.1, 0.15) is 64.7 Å². The Bertz CT molecular complexity index is 785. The van der Waals surface area contributed by atoms with Crippen LogP contribution in [0.2, 0.25) is 0 Å². The number of nitrogens with one attached hydrogen (secondary N) is 1. The summed E-state index contributed by atoms with van der Waals surface area (Å²) in [4.78, 5) is 33.4. The summed E-state index contributed by atoms with van der Waals surface area (Å²) in [6, 6.07) is 1.43. The molecule has 0 aromatic heterocycles. The first kappa shape index (κ1) is 21.2. The number of Topliss-reactive ketones (excluding diaryl/α,β-unsaturated/α-hetero) is 1. The largest absolute Gasteiger partial charge is 0.388 e. The van der Waals surface area contributed by atoms with E-state index in [0.29, 0.717) is 25.3 Å². The second kappa shape index (κ2) is 7.56. The zero-order valence-electron chi connectivity index (χ0n) is 17.3. The molecule has 1 atom stereocenters. The molecule has 2 heterocycles. The molecule has 4 rings (SSSR count). The van der Waals surface area contributed by atoms with Gasteiger partial charge in [-0.15, -0.1) is 0 Å². The number of likely N-dealkylation sites (tertiary alicyclic amines) is 1. The van der Waals surface area contributed by atoms with Crippen LogP contribution < -0.4 is 5.32 Å². The van der Waals surface area contributed by atoms with Gasteiger partial charge < -0.3 is 15.1 Å². The summed E-state index contributed by atoms with van der Waals surface area (Å²) in [6.07, 6.45) is 4.59. The van der Waals surface area contributed by atoms with Crippen LogP contribution in [-0.2, 0) is 14.4 Å². The maximum absolute atomic E-state index is 13.7. The predicted octanol–water partition coefficient (Wildman–Crippen LogP) is 2.55. The van der Waals surface area contributed by atoms with Crippen molar-refractivity contribution in [1.82, 2.24) is 10.2 Å². The molecular weight excluding hydrogens is 394 g/mol. The van der Waals surface area contributed by atoms with Gasteiger partial charge in [0.25, 0.3) is 5.91 Å². The molecule has 1 amide bonds. The molecule has 1 N–H and O–H groups in total. The van der Waals surface area contributed by atoms with Crippen LogP contribution in [0.4, 0.5) is 8.78 Å². The van der Waals surface area contributed by atoms with Crippen molar-refractivity contribution in [1.29, 1.82) is 5.26 Å². The van der Waals surface area contributed by atoms with Gasteiger partial charge in [0.15, 0.2) is 5.78 Å². The molecule has 7 nitrogen and oxygen atoms in total. The highest BCUT2D eigenvalue weighted by atomic mass is 19.3. The first-order chi connectivity index (χ1) is 14.1. The van der Waals surface area contributed by atoms with E-state index in [1.165, 1.54) is 12.8 Å². The number of carbonyl (C=O) groups is 2. The summed E-state index contributed by atoms with van der Waals surface area (Å²) in [5, 5.41) is 15.6. The zero-order valence-corrected chi connectivity index (χ0v) is 17.3. The van der Waals surface area contributed by atoms with Crippen molar-refractivity contribution in [2.24, 2.45) is 10.6 Å². The van der Waals surface area contributed by atoms with Crippen molar-refractivity contribution in [3.8, 4) is 6.07 Å². The van der Waals surface area contributed by atoms with Crippen LogP contribution in [-0.4, -0.2) is 59.0 Å². The molecule has 9 heteroatoms. The van der Waals surface area contributed by atoms with Crippen molar-refractivity contribution in [2.45, 2.75) is 88.3 Å². The molecule has 0 bridgehead atoms. The number of hydrogen-bond donors (Lipinski definition) is 1. The highest BCUT2D eigenvalue weighted by molar-refractivity contribution is 6.39. The monoisotopic (exact) mass is 422 g/mol. The fraction of sp³-hybridized carbons (Fsp3) is 0.810. The van der Waals surface area contributed by atoms with Gasteiger partial charge in [-0.1, -0.05) is 5.16 Å². The first-order valence-corrected chi connectivity index (χ1v) is 10.7. The number of nitriles is 1. The number of alkyl halides is 2. The van der Waals surface area contributed by atoms with E-state index in [-0.39, 0.29) is 12.1 Å². The molecule has 30 heavy (non-hydrogen) atoms. The Labute approximate surface area is 174 Å².